The Hall–Kier alpha value is -3.23. The van der Waals surface area contributed by atoms with Gasteiger partial charge in [-0.2, -0.15) is 5.06 Å². The molecule has 2 aromatic rings. The first-order valence-electron chi connectivity index (χ1n) is 8.99. The van der Waals surface area contributed by atoms with E-state index < -0.39 is 29.9 Å². The molecule has 8 nitrogen and oxygen atoms in total. The van der Waals surface area contributed by atoms with Gasteiger partial charge in [0.1, 0.15) is 0 Å². The van der Waals surface area contributed by atoms with Gasteiger partial charge in [-0.3, -0.25) is 9.59 Å². The van der Waals surface area contributed by atoms with Gasteiger partial charge in [0.05, 0.1) is 6.61 Å². The maximum Gasteiger partial charge on any atom is 0.365 e. The minimum Gasteiger partial charge on any atom is -0.382 e. The lowest BCUT2D eigenvalue weighted by Gasteiger charge is -2.28. The van der Waals surface area contributed by atoms with Crippen LogP contribution in [0.2, 0.25) is 0 Å². The summed E-state index contributed by atoms with van der Waals surface area (Å²) in [6.45, 7) is 1.18. The fourth-order valence-corrected chi connectivity index (χ4v) is 2.58. The Morgan fingerprint density at radius 2 is 1.62 bits per heavy atom. The van der Waals surface area contributed by atoms with Gasteiger partial charge < -0.3 is 20.0 Å². The first-order chi connectivity index (χ1) is 13.9. The summed E-state index contributed by atoms with van der Waals surface area (Å²) in [7, 11) is 1.36. The van der Waals surface area contributed by atoms with Crippen LogP contribution in [0.5, 0.6) is 0 Å². The highest BCUT2D eigenvalue weighted by molar-refractivity contribution is 5.87. The zero-order valence-corrected chi connectivity index (χ0v) is 16.3. The molecule has 154 valence electrons. The number of hydrogen-bond donors (Lipinski definition) is 2. The zero-order valence-electron chi connectivity index (χ0n) is 16.3. The van der Waals surface area contributed by atoms with Crippen molar-refractivity contribution in [3.63, 3.8) is 0 Å². The molecule has 2 amide bonds. The Bertz CT molecular complexity index is 812. The van der Waals surface area contributed by atoms with E-state index in [1.54, 1.807) is 30.3 Å². The standard InChI is InChI=1S/C21H24N2O6/c1-15(24)23(29-21(27)19(25)17-11-7-4-8-12-17)18(14-28-2)20(26)22-13-16-9-5-3-6-10-16/h3-12,18-19,25H,13-14H2,1-2H3,(H,22,26)/t18-,19+/m0/s1. The lowest BCUT2D eigenvalue weighted by atomic mass is 10.1. The van der Waals surface area contributed by atoms with Crippen molar-refractivity contribution in [1.82, 2.24) is 10.4 Å². The van der Waals surface area contributed by atoms with Crippen LogP contribution in [0.4, 0.5) is 0 Å². The van der Waals surface area contributed by atoms with E-state index in [9.17, 15) is 19.5 Å². The molecule has 2 atom stereocenters. The molecule has 29 heavy (non-hydrogen) atoms. The highest BCUT2D eigenvalue weighted by Crippen LogP contribution is 2.16. The summed E-state index contributed by atoms with van der Waals surface area (Å²) in [5.74, 6) is -2.33. The molecule has 0 saturated carbocycles. The predicted octanol–water partition coefficient (Wildman–Crippen LogP) is 1.36. The van der Waals surface area contributed by atoms with Crippen LogP contribution < -0.4 is 5.32 Å². The van der Waals surface area contributed by atoms with Crippen LogP contribution in [0.1, 0.15) is 24.2 Å². The van der Waals surface area contributed by atoms with Crippen LogP contribution in [0.3, 0.4) is 0 Å². The number of aliphatic hydroxyl groups excluding tert-OH is 1. The van der Waals surface area contributed by atoms with Gasteiger partial charge in [-0.1, -0.05) is 60.7 Å². The van der Waals surface area contributed by atoms with Gasteiger partial charge in [0.25, 0.3) is 5.91 Å². The monoisotopic (exact) mass is 400 g/mol. The van der Waals surface area contributed by atoms with E-state index in [2.05, 4.69) is 5.32 Å². The van der Waals surface area contributed by atoms with Gasteiger partial charge in [0.2, 0.25) is 5.91 Å². The van der Waals surface area contributed by atoms with Crippen LogP contribution in [0, 0.1) is 0 Å². The van der Waals surface area contributed by atoms with Crippen LogP contribution in [0.25, 0.3) is 0 Å². The summed E-state index contributed by atoms with van der Waals surface area (Å²) in [6.07, 6.45) is -1.60. The lowest BCUT2D eigenvalue weighted by molar-refractivity contribution is -0.216. The van der Waals surface area contributed by atoms with Crippen LogP contribution in [0.15, 0.2) is 60.7 Å². The third kappa shape index (κ3) is 6.41. The summed E-state index contributed by atoms with van der Waals surface area (Å²) < 4.78 is 5.03. The normalized spacial score (nSPS) is 12.5. The molecule has 0 heterocycles. The summed E-state index contributed by atoms with van der Waals surface area (Å²) in [6, 6.07) is 16.1. The zero-order chi connectivity index (χ0) is 21.2. The van der Waals surface area contributed by atoms with Gasteiger partial charge >= 0.3 is 5.97 Å². The quantitative estimate of drug-likeness (QED) is 0.649. The molecule has 0 aliphatic rings. The van der Waals surface area contributed by atoms with Crippen molar-refractivity contribution < 1.29 is 29.1 Å². The fraction of sp³-hybridized carbons (Fsp3) is 0.286. The SMILES string of the molecule is COC[C@@H](C(=O)NCc1ccccc1)N(OC(=O)[C@H](O)c1ccccc1)C(C)=O. The largest absolute Gasteiger partial charge is 0.382 e. The number of carbonyl (C=O) groups excluding carboxylic acids is 3. The molecule has 2 rings (SSSR count). The Balaban J connectivity index is 2.10. The molecule has 2 aromatic carbocycles. The molecule has 0 bridgehead atoms. The number of amides is 2. The van der Waals surface area contributed by atoms with Gasteiger partial charge in [-0.15, -0.1) is 0 Å². The molecule has 0 aromatic heterocycles. The number of hydrogen-bond acceptors (Lipinski definition) is 6. The van der Waals surface area contributed by atoms with E-state index in [4.69, 9.17) is 9.57 Å². The van der Waals surface area contributed by atoms with Crippen molar-refractivity contribution in [2.45, 2.75) is 25.6 Å². The minimum absolute atomic E-state index is 0.199. The van der Waals surface area contributed by atoms with E-state index in [0.717, 1.165) is 12.5 Å². The molecule has 2 N–H and O–H groups in total. The molecule has 0 fully saturated rings. The van der Waals surface area contributed by atoms with Gasteiger partial charge in [-0.25, -0.2) is 4.79 Å². The molecule has 0 unspecified atom stereocenters. The van der Waals surface area contributed by atoms with E-state index in [1.165, 1.54) is 7.11 Å². The van der Waals surface area contributed by atoms with Gasteiger partial charge in [0.15, 0.2) is 12.1 Å². The molecule has 8 heteroatoms. The summed E-state index contributed by atoms with van der Waals surface area (Å²) in [5, 5.41) is 13.5. The third-order valence-corrected chi connectivity index (χ3v) is 4.06. The Labute approximate surface area is 169 Å². The first kappa shape index (κ1) is 22.1. The summed E-state index contributed by atoms with van der Waals surface area (Å²) >= 11 is 0. The van der Waals surface area contributed by atoms with Crippen molar-refractivity contribution in [2.24, 2.45) is 0 Å². The van der Waals surface area contributed by atoms with Crippen LogP contribution >= 0.6 is 0 Å². The molecular weight excluding hydrogens is 376 g/mol. The minimum atomic E-state index is -1.60. The number of nitrogens with one attached hydrogen (secondary N) is 1. The predicted molar refractivity (Wildman–Crippen MR) is 104 cm³/mol. The van der Waals surface area contributed by atoms with E-state index in [1.807, 2.05) is 30.3 Å². The average Bonchev–Trinajstić information content (AvgIpc) is 2.75. The highest BCUT2D eigenvalue weighted by atomic mass is 16.7. The van der Waals surface area contributed by atoms with E-state index in [-0.39, 0.29) is 13.2 Å². The second-order valence-electron chi connectivity index (χ2n) is 6.24. The molecule has 0 radical (unpaired) electrons. The summed E-state index contributed by atoms with van der Waals surface area (Å²) in [5.41, 5.74) is 1.17. The number of benzene rings is 2. The molecule has 0 aliphatic heterocycles. The number of ether oxygens (including phenoxy) is 1. The average molecular weight is 400 g/mol. The molecule has 0 aliphatic carbocycles. The third-order valence-electron chi connectivity index (χ3n) is 4.06. The maximum absolute atomic E-state index is 12.6. The number of aliphatic hydroxyl groups is 1. The van der Waals surface area contributed by atoms with E-state index >= 15 is 0 Å². The summed E-state index contributed by atoms with van der Waals surface area (Å²) in [4.78, 5) is 42.1. The Kier molecular flexibility index (Phi) is 8.32. The van der Waals surface area contributed by atoms with E-state index in [0.29, 0.717) is 10.6 Å². The van der Waals surface area contributed by atoms with Gasteiger partial charge in [0, 0.05) is 20.6 Å². The van der Waals surface area contributed by atoms with Crippen molar-refractivity contribution in [3.8, 4) is 0 Å². The van der Waals surface area contributed by atoms with Crippen molar-refractivity contribution in [1.29, 1.82) is 0 Å². The number of carbonyl (C=O) groups is 3. The number of methoxy groups -OCH3 is 1. The fourth-order valence-electron chi connectivity index (χ4n) is 2.58. The van der Waals surface area contributed by atoms with Crippen molar-refractivity contribution in [2.75, 3.05) is 13.7 Å². The van der Waals surface area contributed by atoms with Crippen LogP contribution in [-0.2, 0) is 30.5 Å². The van der Waals surface area contributed by atoms with Gasteiger partial charge in [-0.05, 0) is 11.1 Å². The molecule has 0 spiro atoms. The van der Waals surface area contributed by atoms with Crippen LogP contribution in [-0.4, -0.2) is 47.7 Å². The Morgan fingerprint density at radius 1 is 1.03 bits per heavy atom. The number of rotatable bonds is 8. The second-order valence-corrected chi connectivity index (χ2v) is 6.24. The van der Waals surface area contributed by atoms with Crippen molar-refractivity contribution >= 4 is 17.8 Å². The Morgan fingerprint density at radius 3 is 2.17 bits per heavy atom. The molecule has 0 saturated heterocycles. The van der Waals surface area contributed by atoms with Crippen molar-refractivity contribution in [3.05, 3.63) is 71.8 Å². The second kappa shape index (κ2) is 10.9. The number of nitrogens with zero attached hydrogens (tertiary/aromatic N) is 1. The lowest BCUT2D eigenvalue weighted by Crippen LogP contribution is -2.52. The first-order valence-corrected chi connectivity index (χ1v) is 8.99. The highest BCUT2D eigenvalue weighted by Gasteiger charge is 2.33. The topological polar surface area (TPSA) is 105 Å². The molecular formula is C21H24N2O6. The smallest absolute Gasteiger partial charge is 0.365 e. The number of hydroxylamine groups is 2. The maximum atomic E-state index is 12.6.